The van der Waals surface area contributed by atoms with Crippen molar-refractivity contribution in [3.8, 4) is 0 Å². The van der Waals surface area contributed by atoms with Gasteiger partial charge in [-0.25, -0.2) is 9.18 Å². The monoisotopic (exact) mass is 273 g/mol. The zero-order valence-corrected chi connectivity index (χ0v) is 10.7. The van der Waals surface area contributed by atoms with Crippen molar-refractivity contribution >= 4 is 23.3 Å². The summed E-state index contributed by atoms with van der Waals surface area (Å²) < 4.78 is 13.0. The van der Waals surface area contributed by atoms with Gasteiger partial charge in [-0.2, -0.15) is 0 Å². The Hall–Kier alpha value is -2.69. The summed E-state index contributed by atoms with van der Waals surface area (Å²) in [5, 5.41) is 9.19. The van der Waals surface area contributed by atoms with Gasteiger partial charge in [0.2, 0.25) is 5.91 Å². The fourth-order valence-electron chi connectivity index (χ4n) is 1.93. The van der Waals surface area contributed by atoms with Crippen LogP contribution in [0.3, 0.4) is 0 Å². The summed E-state index contributed by atoms with van der Waals surface area (Å²) in [6.07, 6.45) is 0. The van der Waals surface area contributed by atoms with Gasteiger partial charge in [-0.1, -0.05) is 12.1 Å². The molecule has 2 rings (SSSR count). The Morgan fingerprint density at radius 1 is 1.05 bits per heavy atom. The second kappa shape index (κ2) is 5.52. The van der Waals surface area contributed by atoms with Crippen LogP contribution < -0.4 is 4.90 Å². The van der Waals surface area contributed by atoms with E-state index in [4.69, 9.17) is 0 Å². The van der Waals surface area contributed by atoms with E-state index in [-0.39, 0.29) is 17.2 Å². The number of carboxylic acid groups (broad SMARTS) is 1. The van der Waals surface area contributed by atoms with Crippen molar-refractivity contribution in [2.75, 3.05) is 4.90 Å². The van der Waals surface area contributed by atoms with Gasteiger partial charge in [-0.15, -0.1) is 0 Å². The van der Waals surface area contributed by atoms with Gasteiger partial charge < -0.3 is 5.11 Å². The van der Waals surface area contributed by atoms with Gasteiger partial charge in [0, 0.05) is 12.6 Å². The summed E-state index contributed by atoms with van der Waals surface area (Å²) >= 11 is 0. The standard InChI is InChI=1S/C15H12FNO3/c1-10(18)17(12-8-6-11(16)7-9-12)14-5-3-2-4-13(14)15(19)20/h2-9H,1H3,(H,19,20). The third-order valence-corrected chi connectivity index (χ3v) is 2.78. The number of hydrogen-bond donors (Lipinski definition) is 1. The molecule has 0 aliphatic heterocycles. The van der Waals surface area contributed by atoms with Crippen LogP contribution in [-0.2, 0) is 4.79 Å². The smallest absolute Gasteiger partial charge is 0.337 e. The fraction of sp³-hybridized carbons (Fsp3) is 0.0667. The molecule has 2 aromatic rings. The van der Waals surface area contributed by atoms with E-state index < -0.39 is 11.8 Å². The molecule has 0 unspecified atom stereocenters. The van der Waals surface area contributed by atoms with Gasteiger partial charge in [0.1, 0.15) is 5.82 Å². The van der Waals surface area contributed by atoms with Crippen LogP contribution in [0.4, 0.5) is 15.8 Å². The van der Waals surface area contributed by atoms with E-state index in [1.54, 1.807) is 12.1 Å². The van der Waals surface area contributed by atoms with Crippen LogP contribution in [0.25, 0.3) is 0 Å². The van der Waals surface area contributed by atoms with E-state index in [2.05, 4.69) is 0 Å². The Morgan fingerprint density at radius 2 is 1.65 bits per heavy atom. The summed E-state index contributed by atoms with van der Waals surface area (Å²) in [6.45, 7) is 1.32. The molecule has 0 aliphatic rings. The lowest BCUT2D eigenvalue weighted by Crippen LogP contribution is -2.24. The van der Waals surface area contributed by atoms with Crippen molar-refractivity contribution in [3.05, 3.63) is 59.9 Å². The van der Waals surface area contributed by atoms with Crippen LogP contribution in [0.1, 0.15) is 17.3 Å². The highest BCUT2D eigenvalue weighted by atomic mass is 19.1. The number of rotatable bonds is 3. The SMILES string of the molecule is CC(=O)N(c1ccc(F)cc1)c1ccccc1C(=O)O. The van der Waals surface area contributed by atoms with Gasteiger partial charge >= 0.3 is 5.97 Å². The molecule has 0 saturated heterocycles. The van der Waals surface area contributed by atoms with Crippen LogP contribution in [0.2, 0.25) is 0 Å². The zero-order chi connectivity index (χ0) is 14.7. The van der Waals surface area contributed by atoms with E-state index in [9.17, 15) is 19.1 Å². The number of carbonyl (C=O) groups excluding carboxylic acids is 1. The van der Waals surface area contributed by atoms with Crippen molar-refractivity contribution in [1.29, 1.82) is 0 Å². The zero-order valence-electron chi connectivity index (χ0n) is 10.7. The molecular formula is C15H12FNO3. The normalized spacial score (nSPS) is 10.1. The van der Waals surface area contributed by atoms with Crippen LogP contribution in [-0.4, -0.2) is 17.0 Å². The molecule has 4 nitrogen and oxygen atoms in total. The number of hydrogen-bond acceptors (Lipinski definition) is 2. The Kier molecular flexibility index (Phi) is 3.79. The number of carbonyl (C=O) groups is 2. The molecule has 0 fully saturated rings. The molecule has 20 heavy (non-hydrogen) atoms. The van der Waals surface area contributed by atoms with Crippen molar-refractivity contribution < 1.29 is 19.1 Å². The van der Waals surface area contributed by atoms with Crippen molar-refractivity contribution in [3.63, 3.8) is 0 Å². The average Bonchev–Trinajstić information content (AvgIpc) is 2.41. The molecule has 1 amide bonds. The predicted octanol–water partition coefficient (Wildman–Crippen LogP) is 3.21. The lowest BCUT2D eigenvalue weighted by atomic mass is 10.1. The van der Waals surface area contributed by atoms with Gasteiger partial charge in [-0.05, 0) is 36.4 Å². The summed E-state index contributed by atoms with van der Waals surface area (Å²) in [7, 11) is 0. The number of halogens is 1. The topological polar surface area (TPSA) is 57.6 Å². The molecule has 5 heteroatoms. The molecule has 0 bridgehead atoms. The Balaban J connectivity index is 2.58. The summed E-state index contributed by atoms with van der Waals surface area (Å²) in [4.78, 5) is 24.3. The molecule has 0 spiro atoms. The highest BCUT2D eigenvalue weighted by Crippen LogP contribution is 2.29. The minimum absolute atomic E-state index is 0.00650. The first-order valence-corrected chi connectivity index (χ1v) is 5.89. The lowest BCUT2D eigenvalue weighted by molar-refractivity contribution is -0.115. The van der Waals surface area contributed by atoms with Gasteiger partial charge in [0.25, 0.3) is 0 Å². The van der Waals surface area contributed by atoms with Gasteiger partial charge in [0.05, 0.1) is 11.3 Å². The predicted molar refractivity (Wildman–Crippen MR) is 72.6 cm³/mol. The Bertz CT molecular complexity index is 652. The van der Waals surface area contributed by atoms with E-state index >= 15 is 0 Å². The molecular weight excluding hydrogens is 261 g/mol. The first kappa shape index (κ1) is 13.7. The van der Waals surface area contributed by atoms with Crippen molar-refractivity contribution in [1.82, 2.24) is 0 Å². The number of nitrogens with zero attached hydrogens (tertiary/aromatic N) is 1. The minimum atomic E-state index is -1.13. The highest BCUT2D eigenvalue weighted by Gasteiger charge is 2.20. The summed E-state index contributed by atoms with van der Waals surface area (Å²) in [6, 6.07) is 11.5. The maximum atomic E-state index is 13.0. The quantitative estimate of drug-likeness (QED) is 0.934. The first-order valence-electron chi connectivity index (χ1n) is 5.89. The molecule has 0 atom stereocenters. The number of benzene rings is 2. The van der Waals surface area contributed by atoms with Gasteiger partial charge in [-0.3, -0.25) is 9.69 Å². The van der Waals surface area contributed by atoms with Crippen LogP contribution in [0.15, 0.2) is 48.5 Å². The van der Waals surface area contributed by atoms with Crippen molar-refractivity contribution in [2.24, 2.45) is 0 Å². The van der Waals surface area contributed by atoms with Crippen LogP contribution in [0.5, 0.6) is 0 Å². The number of para-hydroxylation sites is 1. The molecule has 1 N–H and O–H groups in total. The van der Waals surface area contributed by atoms with E-state index in [0.717, 1.165) is 0 Å². The number of amides is 1. The summed E-state index contributed by atoms with van der Waals surface area (Å²) in [5.74, 6) is -1.91. The molecule has 0 aliphatic carbocycles. The molecule has 0 radical (unpaired) electrons. The minimum Gasteiger partial charge on any atom is -0.478 e. The molecule has 0 aromatic heterocycles. The highest BCUT2D eigenvalue weighted by molar-refractivity contribution is 6.05. The molecule has 2 aromatic carbocycles. The second-order valence-corrected chi connectivity index (χ2v) is 4.15. The van der Waals surface area contributed by atoms with E-state index in [0.29, 0.717) is 5.69 Å². The number of anilines is 2. The van der Waals surface area contributed by atoms with Crippen LogP contribution in [0, 0.1) is 5.82 Å². The molecule has 102 valence electrons. The number of aromatic carboxylic acids is 1. The Labute approximate surface area is 115 Å². The first-order chi connectivity index (χ1) is 9.50. The van der Waals surface area contributed by atoms with E-state index in [1.807, 2.05) is 0 Å². The van der Waals surface area contributed by atoms with Crippen LogP contribution >= 0.6 is 0 Å². The number of carboxylic acids is 1. The third kappa shape index (κ3) is 2.66. The average molecular weight is 273 g/mol. The largest absolute Gasteiger partial charge is 0.478 e. The fourth-order valence-corrected chi connectivity index (χ4v) is 1.93. The Morgan fingerprint density at radius 3 is 2.20 bits per heavy atom. The third-order valence-electron chi connectivity index (χ3n) is 2.78. The van der Waals surface area contributed by atoms with Gasteiger partial charge in [0.15, 0.2) is 0 Å². The maximum Gasteiger partial charge on any atom is 0.337 e. The van der Waals surface area contributed by atoms with Crippen molar-refractivity contribution in [2.45, 2.75) is 6.92 Å². The summed E-state index contributed by atoms with van der Waals surface area (Å²) in [5.41, 5.74) is 0.665. The second-order valence-electron chi connectivity index (χ2n) is 4.15. The lowest BCUT2D eigenvalue weighted by Gasteiger charge is -2.22. The molecule has 0 saturated carbocycles. The molecule has 0 heterocycles. The maximum absolute atomic E-state index is 13.0. The van der Waals surface area contributed by atoms with E-state index in [1.165, 1.54) is 48.2 Å².